The first-order chi connectivity index (χ1) is 9.40. The summed E-state index contributed by atoms with van der Waals surface area (Å²) in [5, 5.41) is 11.6. The lowest BCUT2D eigenvalue weighted by Crippen LogP contribution is -2.45. The van der Waals surface area contributed by atoms with Crippen LogP contribution in [0.25, 0.3) is 0 Å². The molecule has 1 aromatic carbocycles. The molecule has 0 radical (unpaired) electrons. The van der Waals surface area contributed by atoms with Gasteiger partial charge in [-0.2, -0.15) is 4.72 Å². The molecule has 0 spiro atoms. The Morgan fingerprint density at radius 1 is 1.25 bits per heavy atom. The zero-order valence-corrected chi connectivity index (χ0v) is 11.9. The van der Waals surface area contributed by atoms with E-state index in [0.717, 1.165) is 11.4 Å². The highest BCUT2D eigenvalue weighted by Gasteiger charge is 2.21. The molecule has 1 aliphatic rings. The van der Waals surface area contributed by atoms with Gasteiger partial charge in [0.1, 0.15) is 0 Å². The Bertz CT molecular complexity index is 650. The van der Waals surface area contributed by atoms with Crippen molar-refractivity contribution in [2.75, 3.05) is 5.48 Å². The Morgan fingerprint density at radius 2 is 1.90 bits per heavy atom. The average molecular weight is 296 g/mol. The molecule has 0 saturated carbocycles. The molecule has 1 heterocycles. The van der Waals surface area contributed by atoms with Crippen LogP contribution in [0.4, 0.5) is 5.69 Å². The first-order valence-corrected chi connectivity index (χ1v) is 7.41. The normalized spacial score (nSPS) is 18.9. The van der Waals surface area contributed by atoms with E-state index in [0.29, 0.717) is 5.69 Å². The first-order valence-electron chi connectivity index (χ1n) is 5.92. The molecule has 20 heavy (non-hydrogen) atoms. The largest absolute Gasteiger partial charge is 0.354 e. The van der Waals surface area contributed by atoms with E-state index in [9.17, 15) is 8.42 Å². The third-order valence-corrected chi connectivity index (χ3v) is 4.11. The van der Waals surface area contributed by atoms with Crippen molar-refractivity contribution in [3.8, 4) is 0 Å². The van der Waals surface area contributed by atoms with Crippen molar-refractivity contribution in [1.29, 1.82) is 0 Å². The summed E-state index contributed by atoms with van der Waals surface area (Å²) >= 11 is 0. The molecule has 0 aromatic heterocycles. The molecule has 1 atom stereocenters. The monoisotopic (exact) mass is 296 g/mol. The van der Waals surface area contributed by atoms with Gasteiger partial charge in [0, 0.05) is 11.4 Å². The quantitative estimate of drug-likeness (QED) is 0.621. The van der Waals surface area contributed by atoms with E-state index in [1.807, 2.05) is 18.5 Å². The van der Waals surface area contributed by atoms with Gasteiger partial charge < -0.3 is 5.32 Å². The number of nitrogens with zero attached hydrogens (tertiary/aromatic N) is 1. The molecule has 2 rings (SSSR count). The summed E-state index contributed by atoms with van der Waals surface area (Å²) in [5.74, 6) is 0. The van der Waals surface area contributed by atoms with Gasteiger partial charge in [0.25, 0.3) is 0 Å². The van der Waals surface area contributed by atoms with Crippen LogP contribution in [0.3, 0.4) is 0 Å². The van der Waals surface area contributed by atoms with E-state index in [1.54, 1.807) is 6.92 Å². The Hall–Kier alpha value is -1.90. The molecule has 1 aliphatic heterocycles. The van der Waals surface area contributed by atoms with Crippen molar-refractivity contribution >= 4 is 21.4 Å². The molecule has 1 aromatic rings. The van der Waals surface area contributed by atoms with Crippen LogP contribution in [0.5, 0.6) is 0 Å². The van der Waals surface area contributed by atoms with Gasteiger partial charge in [-0.1, -0.05) is 0 Å². The predicted octanol–water partition coefficient (Wildman–Crippen LogP) is 1.02. The predicted molar refractivity (Wildman–Crippen MR) is 76.0 cm³/mol. The van der Waals surface area contributed by atoms with Gasteiger partial charge in [-0.3, -0.25) is 10.7 Å². The molecule has 0 fully saturated rings. The minimum Gasteiger partial charge on any atom is -0.354 e. The van der Waals surface area contributed by atoms with Crippen molar-refractivity contribution < 1.29 is 13.6 Å². The highest BCUT2D eigenvalue weighted by atomic mass is 32.2. The molecule has 0 aliphatic carbocycles. The first kappa shape index (κ1) is 14.5. The number of hydrogen-bond donors (Lipinski definition) is 4. The van der Waals surface area contributed by atoms with Crippen LogP contribution in [0.1, 0.15) is 13.8 Å². The minimum atomic E-state index is -3.69. The second kappa shape index (κ2) is 5.61. The lowest BCUT2D eigenvalue weighted by Gasteiger charge is -2.21. The van der Waals surface area contributed by atoms with Gasteiger partial charge in [-0.05, 0) is 44.2 Å². The molecule has 0 saturated heterocycles. The molecule has 1 unspecified atom stereocenters. The van der Waals surface area contributed by atoms with Crippen molar-refractivity contribution in [2.45, 2.75) is 25.0 Å². The maximum atomic E-state index is 12.2. The van der Waals surface area contributed by atoms with Gasteiger partial charge in [-0.25, -0.2) is 13.4 Å². The van der Waals surface area contributed by atoms with Crippen LogP contribution < -0.4 is 15.5 Å². The molecule has 0 amide bonds. The van der Waals surface area contributed by atoms with Crippen molar-refractivity contribution in [3.63, 3.8) is 0 Å². The van der Waals surface area contributed by atoms with E-state index in [-0.39, 0.29) is 4.90 Å². The fraction of sp³-hybridized carbons (Fsp3) is 0.250. The highest BCUT2D eigenvalue weighted by Crippen LogP contribution is 2.14. The molecule has 0 bridgehead atoms. The number of benzene rings is 1. The fourth-order valence-corrected chi connectivity index (χ4v) is 2.86. The van der Waals surface area contributed by atoms with Crippen LogP contribution in [0, 0.1) is 0 Å². The highest BCUT2D eigenvalue weighted by molar-refractivity contribution is 7.89. The third kappa shape index (κ3) is 3.35. The number of rotatable bonds is 4. The van der Waals surface area contributed by atoms with Crippen LogP contribution in [0.15, 0.2) is 45.9 Å². The standard InChI is InChI=1S/C12H16N4O3S/c1-8-7-9(2)14-12(13-8)16-20(18,19)11-5-3-10(15-17)4-6-11/h3-7,12-13,15-17H,1-2H3. The van der Waals surface area contributed by atoms with Crippen molar-refractivity contribution in [1.82, 2.24) is 10.0 Å². The molecule has 108 valence electrons. The third-order valence-electron chi connectivity index (χ3n) is 2.68. The molecular formula is C12H16N4O3S. The Balaban J connectivity index is 2.17. The number of hydrogen-bond acceptors (Lipinski definition) is 6. The van der Waals surface area contributed by atoms with Crippen LogP contribution in [0.2, 0.25) is 0 Å². The van der Waals surface area contributed by atoms with Gasteiger partial charge in [0.05, 0.1) is 10.6 Å². The second-order valence-corrected chi connectivity index (χ2v) is 6.12. The van der Waals surface area contributed by atoms with E-state index in [2.05, 4.69) is 15.0 Å². The lowest BCUT2D eigenvalue weighted by molar-refractivity contribution is 0.389. The molecule has 4 N–H and O–H groups in total. The average Bonchev–Trinajstić information content (AvgIpc) is 2.37. The van der Waals surface area contributed by atoms with E-state index < -0.39 is 16.3 Å². The number of allylic oxidation sites excluding steroid dienone is 2. The summed E-state index contributed by atoms with van der Waals surface area (Å²) in [7, 11) is -3.69. The van der Waals surface area contributed by atoms with Crippen LogP contribution in [-0.2, 0) is 10.0 Å². The number of sulfonamides is 1. The van der Waals surface area contributed by atoms with Crippen LogP contribution in [-0.4, -0.2) is 25.6 Å². The number of nitrogens with one attached hydrogen (secondary N) is 3. The van der Waals surface area contributed by atoms with Gasteiger partial charge in [0.15, 0.2) is 6.29 Å². The van der Waals surface area contributed by atoms with Gasteiger partial charge >= 0.3 is 0 Å². The molecule has 7 nitrogen and oxygen atoms in total. The Kier molecular flexibility index (Phi) is 4.07. The second-order valence-electron chi connectivity index (χ2n) is 4.40. The summed E-state index contributed by atoms with van der Waals surface area (Å²) in [6, 6.07) is 5.71. The van der Waals surface area contributed by atoms with Crippen LogP contribution >= 0.6 is 0 Å². The SMILES string of the molecule is CC1=CC(C)=NC(NS(=O)(=O)c2ccc(NO)cc2)N1. The van der Waals surface area contributed by atoms with E-state index in [4.69, 9.17) is 5.21 Å². The number of anilines is 1. The van der Waals surface area contributed by atoms with E-state index >= 15 is 0 Å². The lowest BCUT2D eigenvalue weighted by atomic mass is 10.3. The minimum absolute atomic E-state index is 0.0957. The number of aliphatic imine (C=N–C) groups is 1. The summed E-state index contributed by atoms with van der Waals surface area (Å²) in [6.45, 7) is 3.63. The summed E-state index contributed by atoms with van der Waals surface area (Å²) < 4.78 is 26.8. The summed E-state index contributed by atoms with van der Waals surface area (Å²) in [6.07, 6.45) is 1.10. The zero-order chi connectivity index (χ0) is 14.8. The zero-order valence-electron chi connectivity index (χ0n) is 11.1. The van der Waals surface area contributed by atoms with E-state index in [1.165, 1.54) is 24.3 Å². The molecular weight excluding hydrogens is 280 g/mol. The summed E-state index contributed by atoms with van der Waals surface area (Å²) in [4.78, 5) is 4.26. The molecule has 8 heteroatoms. The van der Waals surface area contributed by atoms with Crippen molar-refractivity contribution in [2.24, 2.45) is 4.99 Å². The smallest absolute Gasteiger partial charge is 0.243 e. The maximum Gasteiger partial charge on any atom is 0.243 e. The maximum absolute atomic E-state index is 12.2. The summed E-state index contributed by atoms with van der Waals surface area (Å²) in [5.41, 5.74) is 3.93. The Morgan fingerprint density at radius 3 is 2.45 bits per heavy atom. The van der Waals surface area contributed by atoms with Crippen molar-refractivity contribution in [3.05, 3.63) is 36.0 Å². The van der Waals surface area contributed by atoms with Gasteiger partial charge in [0.2, 0.25) is 10.0 Å². The topological polar surface area (TPSA) is 103 Å². The fourth-order valence-electron chi connectivity index (χ4n) is 1.82. The van der Waals surface area contributed by atoms with Gasteiger partial charge in [-0.15, -0.1) is 0 Å². The Labute approximate surface area is 117 Å².